The van der Waals surface area contributed by atoms with Gasteiger partial charge in [-0.15, -0.1) is 0 Å². The van der Waals surface area contributed by atoms with Crippen LogP contribution in [0, 0.1) is 59.0 Å². The number of carboxylic acid groups (broad SMARTS) is 3. The smallest absolute Gasteiger partial charge is 0.306 e. The van der Waals surface area contributed by atoms with Crippen molar-refractivity contribution >= 4 is 17.9 Å². The van der Waals surface area contributed by atoms with Crippen molar-refractivity contribution in [2.24, 2.45) is 17.3 Å². The Bertz CT molecular complexity index is 448. The molecule has 0 spiro atoms. The van der Waals surface area contributed by atoms with E-state index in [1.807, 2.05) is 13.8 Å². The van der Waals surface area contributed by atoms with Gasteiger partial charge in [0.1, 0.15) is 0 Å². The molecule has 0 heterocycles. The largest absolute Gasteiger partial charge is 0.481 e. The summed E-state index contributed by atoms with van der Waals surface area (Å²) in [6.45, 7) is 14.6. The van der Waals surface area contributed by atoms with E-state index >= 15 is 0 Å². The van der Waals surface area contributed by atoms with Gasteiger partial charge in [0.2, 0.25) is 0 Å². The minimum atomic E-state index is -0.675. The predicted octanol–water partition coefficient (Wildman–Crippen LogP) is 7.64. The molecule has 0 aromatic carbocycles. The van der Waals surface area contributed by atoms with Gasteiger partial charge >= 0.3 is 17.9 Å². The van der Waals surface area contributed by atoms with Crippen LogP contribution in [0.15, 0.2) is 0 Å². The Morgan fingerprint density at radius 3 is 1.30 bits per heavy atom. The molecule has 2 atom stereocenters. The first kappa shape index (κ1) is 40.0. The zero-order valence-corrected chi connectivity index (χ0v) is 25.6. The van der Waals surface area contributed by atoms with E-state index in [9.17, 15) is 14.4 Å². The van der Waals surface area contributed by atoms with Gasteiger partial charge in [0.15, 0.2) is 0 Å². The van der Waals surface area contributed by atoms with Gasteiger partial charge in [0.05, 0.1) is 11.8 Å². The molecule has 0 aliphatic rings. The van der Waals surface area contributed by atoms with Gasteiger partial charge < -0.3 is 15.3 Å². The van der Waals surface area contributed by atoms with Crippen LogP contribution in [0.3, 0.4) is 0 Å². The number of carbonyl (C=O) groups is 3. The van der Waals surface area contributed by atoms with Crippen LogP contribution in [0.25, 0.3) is 0 Å². The molecule has 0 bridgehead atoms. The Hall–Kier alpha value is -0.213. The molecule has 33 heavy (non-hydrogen) atoms. The molecule has 0 aliphatic heterocycles. The molecule has 0 rings (SSSR count). The average molecular weight is 601 g/mol. The van der Waals surface area contributed by atoms with Gasteiger partial charge in [0.25, 0.3) is 0 Å². The number of rotatable bonds is 15. The van der Waals surface area contributed by atoms with Gasteiger partial charge in [0, 0.05) is 48.2 Å². The summed E-state index contributed by atoms with van der Waals surface area (Å²) >= 11 is 0. The molecule has 0 saturated carbocycles. The fourth-order valence-corrected chi connectivity index (χ4v) is 3.01. The number of unbranched alkanes of at least 4 members (excludes halogenated alkanes) is 4. The molecule has 3 N–H and O–H groups in total. The Balaban J connectivity index is -0.000000189. The third kappa shape index (κ3) is 34.0. The predicted molar refractivity (Wildman–Crippen MR) is 132 cm³/mol. The zero-order valence-electron chi connectivity index (χ0n) is 22.4. The summed E-state index contributed by atoms with van der Waals surface area (Å²) in [6, 6.07) is 0. The standard InChI is InChI=1S/C10H20O2.2C8H16O2.Ce/c1-10(2,3)8-6-4-5-7-9(11)12;2*1-3-5-6-7(4-2)8(9)10;/h4-8H2,1-3H3,(H,11,12);2*7H,3-6H2,1-2H3,(H,9,10);. The molecule has 0 radical (unpaired) electrons. The molecule has 0 fully saturated rings. The third-order valence-corrected chi connectivity index (χ3v) is 5.31. The Labute approximate surface area is 237 Å². The van der Waals surface area contributed by atoms with Crippen LogP contribution in [0.1, 0.15) is 132 Å². The van der Waals surface area contributed by atoms with Gasteiger partial charge in [-0.3, -0.25) is 14.4 Å². The van der Waals surface area contributed by atoms with E-state index in [-0.39, 0.29) is 53.6 Å². The maximum atomic E-state index is 10.4. The molecule has 0 saturated heterocycles. The Morgan fingerprint density at radius 2 is 1.06 bits per heavy atom. The molecule has 6 nitrogen and oxygen atoms in total. The summed E-state index contributed by atoms with van der Waals surface area (Å²) in [7, 11) is 0. The molecule has 0 amide bonds. The number of hydrogen-bond donors (Lipinski definition) is 3. The maximum absolute atomic E-state index is 10.4. The van der Waals surface area contributed by atoms with Gasteiger partial charge in [-0.2, -0.15) is 0 Å². The van der Waals surface area contributed by atoms with Crippen molar-refractivity contribution in [3.8, 4) is 0 Å². The molecular formula is C26H52CeO6. The van der Waals surface area contributed by atoms with Crippen LogP contribution in [-0.2, 0) is 14.4 Å². The monoisotopic (exact) mass is 600 g/mol. The van der Waals surface area contributed by atoms with Gasteiger partial charge in [-0.05, 0) is 43.9 Å². The van der Waals surface area contributed by atoms with Crippen LogP contribution < -0.4 is 0 Å². The molecule has 2 unspecified atom stereocenters. The van der Waals surface area contributed by atoms with Crippen LogP contribution >= 0.6 is 0 Å². The van der Waals surface area contributed by atoms with Crippen molar-refractivity contribution in [1.29, 1.82) is 0 Å². The maximum Gasteiger partial charge on any atom is 0.306 e. The summed E-state index contributed by atoms with van der Waals surface area (Å²) in [5.41, 5.74) is 0.392. The van der Waals surface area contributed by atoms with E-state index in [1.165, 1.54) is 6.42 Å². The van der Waals surface area contributed by atoms with Crippen molar-refractivity contribution in [2.75, 3.05) is 0 Å². The summed E-state index contributed by atoms with van der Waals surface area (Å²) in [5.74, 6) is -2.18. The van der Waals surface area contributed by atoms with Crippen LogP contribution in [-0.4, -0.2) is 33.2 Å². The topological polar surface area (TPSA) is 112 Å². The van der Waals surface area contributed by atoms with E-state index in [0.29, 0.717) is 11.8 Å². The SMILES string of the molecule is CC(C)(C)CCCCCC(=O)O.CCCCC(CC)C(=O)O.CCCCC(CC)C(=O)O.[Ce]. The van der Waals surface area contributed by atoms with Crippen LogP contribution in [0.5, 0.6) is 0 Å². The molecule has 7 heteroatoms. The number of carboxylic acids is 3. The van der Waals surface area contributed by atoms with Crippen LogP contribution in [0.2, 0.25) is 0 Å². The quantitative estimate of drug-likeness (QED) is 0.167. The van der Waals surface area contributed by atoms with Crippen molar-refractivity contribution in [3.05, 3.63) is 0 Å². The van der Waals surface area contributed by atoms with E-state index in [0.717, 1.165) is 70.6 Å². The first-order valence-corrected chi connectivity index (χ1v) is 12.5. The van der Waals surface area contributed by atoms with Crippen molar-refractivity contribution in [3.63, 3.8) is 0 Å². The Kier molecular flexibility index (Phi) is 32.0. The summed E-state index contributed by atoms with van der Waals surface area (Å²) < 4.78 is 0. The minimum Gasteiger partial charge on any atom is -0.481 e. The summed E-state index contributed by atoms with van der Waals surface area (Å²) in [5, 5.41) is 25.6. The van der Waals surface area contributed by atoms with E-state index in [2.05, 4.69) is 34.6 Å². The summed E-state index contributed by atoms with van der Waals surface area (Å²) in [6.07, 6.45) is 12.0. The molecule has 0 aromatic heterocycles. The molecular weight excluding hydrogens is 548 g/mol. The second-order valence-corrected chi connectivity index (χ2v) is 9.69. The first-order chi connectivity index (χ1) is 14.9. The van der Waals surface area contributed by atoms with E-state index in [1.54, 1.807) is 0 Å². The zero-order chi connectivity index (χ0) is 25.6. The second kappa shape index (κ2) is 26.4. The van der Waals surface area contributed by atoms with Crippen molar-refractivity contribution in [1.82, 2.24) is 0 Å². The normalized spacial score (nSPS) is 12.1. The first-order valence-electron chi connectivity index (χ1n) is 12.5. The minimum absolute atomic E-state index is 0. The third-order valence-electron chi connectivity index (χ3n) is 5.31. The van der Waals surface area contributed by atoms with Gasteiger partial charge in [-0.25, -0.2) is 0 Å². The molecule has 0 aliphatic carbocycles. The van der Waals surface area contributed by atoms with Crippen molar-refractivity contribution in [2.45, 2.75) is 132 Å². The Morgan fingerprint density at radius 1 is 0.667 bits per heavy atom. The van der Waals surface area contributed by atoms with E-state index in [4.69, 9.17) is 15.3 Å². The fourth-order valence-electron chi connectivity index (χ4n) is 3.01. The fraction of sp³-hybridized carbons (Fsp3) is 0.885. The molecule has 0 aromatic rings. The summed E-state index contributed by atoms with van der Waals surface area (Å²) in [4.78, 5) is 31.0. The van der Waals surface area contributed by atoms with E-state index < -0.39 is 17.9 Å². The number of hydrogen-bond acceptors (Lipinski definition) is 3. The van der Waals surface area contributed by atoms with Gasteiger partial charge in [-0.1, -0.05) is 87.0 Å². The molecule has 196 valence electrons. The second-order valence-electron chi connectivity index (χ2n) is 9.69. The van der Waals surface area contributed by atoms with Crippen LogP contribution in [0.4, 0.5) is 0 Å². The number of aliphatic carboxylic acids is 3. The average Bonchev–Trinajstić information content (AvgIpc) is 2.68. The van der Waals surface area contributed by atoms with Crippen molar-refractivity contribution < 1.29 is 71.5 Å².